The maximum Gasteiger partial charge on any atom is 0.339 e. The van der Waals surface area contributed by atoms with Crippen molar-refractivity contribution in [3.63, 3.8) is 0 Å². The Morgan fingerprint density at radius 3 is 1.05 bits per heavy atom. The highest BCUT2D eigenvalue weighted by Gasteiger charge is 2.29. The normalized spacial score (nSPS) is 11.6. The molecule has 0 radical (unpaired) electrons. The minimum atomic E-state index is -2.17. The highest BCUT2D eigenvalue weighted by molar-refractivity contribution is 6.03. The molecular formula is C58H97F2NO20. The molecule has 0 aliphatic rings. The minimum Gasteiger partial charge on any atom is -0.466 e. The highest BCUT2D eigenvalue weighted by Crippen LogP contribution is 2.15. The van der Waals surface area contributed by atoms with Crippen LogP contribution in [0.1, 0.15) is 193 Å². The van der Waals surface area contributed by atoms with Gasteiger partial charge in [-0.3, -0.25) is 9.59 Å². The molecule has 468 valence electrons. The Morgan fingerprint density at radius 1 is 0.481 bits per heavy atom. The summed E-state index contributed by atoms with van der Waals surface area (Å²) >= 11 is 0. The summed E-state index contributed by atoms with van der Waals surface area (Å²) in [7, 11) is 0. The smallest absolute Gasteiger partial charge is 0.339 e. The lowest BCUT2D eigenvalue weighted by molar-refractivity contribution is -0.144. The van der Waals surface area contributed by atoms with Gasteiger partial charge >= 0.3 is 35.8 Å². The van der Waals surface area contributed by atoms with Gasteiger partial charge in [0, 0.05) is 25.9 Å². The number of aliphatic hydroxyl groups excluding tert-OH is 7. The summed E-state index contributed by atoms with van der Waals surface area (Å²) < 4.78 is 50.9. The molecule has 0 aliphatic carbocycles. The first-order chi connectivity index (χ1) is 38.8. The third kappa shape index (κ3) is 48.9. The number of halogens is 2. The molecule has 2 aromatic rings. The predicted molar refractivity (Wildman–Crippen MR) is 300 cm³/mol. The molecule has 0 saturated heterocycles. The molecule has 0 spiro atoms. The number of carbonyl (C=O) groups is 7. The van der Waals surface area contributed by atoms with Gasteiger partial charge in [0.1, 0.15) is 24.4 Å². The number of ether oxygens (including phenoxy) is 6. The Hall–Kier alpha value is -5.53. The fraction of sp³-hybridized carbons (Fsp3) is 0.672. The van der Waals surface area contributed by atoms with E-state index in [9.17, 15) is 42.3 Å². The van der Waals surface area contributed by atoms with Crippen LogP contribution in [0.3, 0.4) is 0 Å². The van der Waals surface area contributed by atoms with E-state index in [1.807, 2.05) is 13.8 Å². The van der Waals surface area contributed by atoms with Crippen molar-refractivity contribution in [3.05, 3.63) is 70.8 Å². The van der Waals surface area contributed by atoms with E-state index in [-0.39, 0.29) is 66.9 Å². The molecule has 0 fully saturated rings. The SMILES string of the molecule is CC(F)F.CCCCOC(=O)CCCCCCCCC(=O)OCCCC.CCCCOC(=O)c1ccccc1C(=O)OCCCC.CCOC(=O)c1ccccc1C(=O)OCC.O=C[C@H](O)[C@@H](O)[C@H](O)[C@H](O)CO.OCCNCCO. The van der Waals surface area contributed by atoms with E-state index in [0.717, 1.165) is 96.8 Å². The summed E-state index contributed by atoms with van der Waals surface area (Å²) in [6.45, 7) is 15.5. The van der Waals surface area contributed by atoms with Crippen LogP contribution in [-0.4, -0.2) is 181 Å². The lowest BCUT2D eigenvalue weighted by Crippen LogP contribution is -2.46. The number of benzene rings is 2. The molecule has 0 saturated carbocycles. The quantitative estimate of drug-likeness (QED) is 0.0149. The fourth-order valence-corrected chi connectivity index (χ4v) is 5.82. The van der Waals surface area contributed by atoms with Gasteiger partial charge in [-0.1, -0.05) is 103 Å². The van der Waals surface area contributed by atoms with E-state index in [1.165, 1.54) is 0 Å². The molecule has 0 aliphatic heterocycles. The predicted octanol–water partition coefficient (Wildman–Crippen LogP) is 6.89. The number of carbonyl (C=O) groups excluding carboxylic acids is 7. The van der Waals surface area contributed by atoms with Crippen LogP contribution in [0.5, 0.6) is 0 Å². The third-order valence-electron chi connectivity index (χ3n) is 10.3. The molecule has 0 amide bonds. The standard InChI is InChI=1S/C18H34O4.C16H22O4.C12H14O4.C6H12O6.C4H11NO2.C2H4F2/c1-3-5-15-21-17(19)13-11-9-7-8-10-12-14-18(20)22-16-6-4-2;1-3-5-11-19-15(17)13-9-7-8-10-14(13)16(18)20-12-6-4-2;1-3-15-11(13)9-7-5-6-8-10(9)12(14)16-4-2;7-1-3(9)5(11)6(12)4(10)2-8;6-3-1-5-2-4-7;1-2(3)4/h3-16H2,1-2H3;7-10H,3-6,11-12H2,1-2H3;5-8H,3-4H2,1-2H3;1,3-6,8-12H,2H2;5-7H,1-4H2;2H,1H3/t;;;3-,4+,5+,6+;;/m...0../s1. The third-order valence-corrected chi connectivity index (χ3v) is 10.3. The second-order valence-electron chi connectivity index (χ2n) is 17.4. The molecule has 81 heavy (non-hydrogen) atoms. The maximum absolute atomic E-state index is 11.9. The number of aliphatic hydroxyl groups is 7. The lowest BCUT2D eigenvalue weighted by atomic mass is 10.0. The van der Waals surface area contributed by atoms with Gasteiger partial charge < -0.3 is 74.3 Å². The van der Waals surface area contributed by atoms with Crippen molar-refractivity contribution in [1.29, 1.82) is 0 Å². The van der Waals surface area contributed by atoms with Crippen molar-refractivity contribution in [1.82, 2.24) is 5.32 Å². The fourth-order valence-electron chi connectivity index (χ4n) is 5.82. The van der Waals surface area contributed by atoms with Gasteiger partial charge in [0.25, 0.3) is 0 Å². The molecular weight excluding hydrogens is 1070 g/mol. The van der Waals surface area contributed by atoms with Crippen molar-refractivity contribution < 1.29 is 107 Å². The zero-order valence-corrected chi connectivity index (χ0v) is 48.9. The van der Waals surface area contributed by atoms with Gasteiger partial charge in [0.05, 0.1) is 81.7 Å². The summed E-state index contributed by atoms with van der Waals surface area (Å²) in [6.07, 6.45) is 5.78. The number of esters is 6. The number of unbranched alkanes of at least 4 members (excludes halogenated alkanes) is 9. The first kappa shape index (κ1) is 81.9. The van der Waals surface area contributed by atoms with Crippen LogP contribution in [0.2, 0.25) is 0 Å². The van der Waals surface area contributed by atoms with Gasteiger partial charge in [0.2, 0.25) is 6.43 Å². The number of hydrogen-bond acceptors (Lipinski definition) is 21. The van der Waals surface area contributed by atoms with E-state index in [4.69, 9.17) is 64.2 Å². The van der Waals surface area contributed by atoms with Crippen LogP contribution in [0.15, 0.2) is 48.5 Å². The second kappa shape index (κ2) is 59.1. The Morgan fingerprint density at radius 2 is 0.778 bits per heavy atom. The van der Waals surface area contributed by atoms with Crippen LogP contribution in [0.4, 0.5) is 8.78 Å². The molecule has 0 aromatic heterocycles. The topological polar surface area (TPSA) is 329 Å². The Labute approximate surface area is 478 Å². The largest absolute Gasteiger partial charge is 0.466 e. The van der Waals surface area contributed by atoms with Gasteiger partial charge in [-0.25, -0.2) is 28.0 Å². The number of hydrogen-bond donors (Lipinski definition) is 8. The van der Waals surface area contributed by atoms with Gasteiger partial charge in [-0.05, 0) is 83.6 Å². The van der Waals surface area contributed by atoms with Crippen LogP contribution >= 0.6 is 0 Å². The molecule has 0 heterocycles. The lowest BCUT2D eigenvalue weighted by Gasteiger charge is -2.22. The molecule has 4 atom stereocenters. The zero-order valence-electron chi connectivity index (χ0n) is 48.9. The van der Waals surface area contributed by atoms with E-state index in [0.29, 0.717) is 52.4 Å². The molecule has 0 unspecified atom stereocenters. The molecule has 2 aromatic carbocycles. The first-order valence-electron chi connectivity index (χ1n) is 28.0. The van der Waals surface area contributed by atoms with Gasteiger partial charge in [-0.15, -0.1) is 0 Å². The molecule has 0 bridgehead atoms. The minimum absolute atomic E-state index is 0.0258. The summed E-state index contributed by atoms with van der Waals surface area (Å²) in [5.41, 5.74) is 1.01. The van der Waals surface area contributed by atoms with Crippen LogP contribution < -0.4 is 5.32 Å². The maximum atomic E-state index is 11.9. The molecule has 23 heteroatoms. The molecule has 21 nitrogen and oxygen atoms in total. The van der Waals surface area contributed by atoms with Crippen molar-refractivity contribution in [3.8, 4) is 0 Å². The summed E-state index contributed by atoms with van der Waals surface area (Å²) in [4.78, 5) is 79.6. The van der Waals surface area contributed by atoms with E-state index < -0.39 is 61.3 Å². The summed E-state index contributed by atoms with van der Waals surface area (Å²) in [5.74, 6) is -2.09. The van der Waals surface area contributed by atoms with E-state index in [2.05, 4.69) is 19.2 Å². The first-order valence-corrected chi connectivity index (χ1v) is 28.0. The van der Waals surface area contributed by atoms with Gasteiger partial charge in [0.15, 0.2) is 6.29 Å². The summed E-state index contributed by atoms with van der Waals surface area (Å²) in [6, 6.07) is 13.0. The average molecular weight is 1170 g/mol. The number of aldehydes is 1. The highest BCUT2D eigenvalue weighted by atomic mass is 19.3. The van der Waals surface area contributed by atoms with Crippen LogP contribution in [0, 0.1) is 0 Å². The Bertz CT molecular complexity index is 1760. The number of alkyl halides is 2. The van der Waals surface area contributed by atoms with E-state index in [1.54, 1.807) is 62.4 Å². The molecule has 2 rings (SSSR count). The Kier molecular flexibility index (Phi) is 59.8. The zero-order chi connectivity index (χ0) is 62.1. The van der Waals surface area contributed by atoms with Crippen molar-refractivity contribution in [2.45, 2.75) is 182 Å². The van der Waals surface area contributed by atoms with E-state index >= 15 is 0 Å². The molecule has 8 N–H and O–H groups in total. The van der Waals surface area contributed by atoms with Crippen molar-refractivity contribution in [2.75, 3.05) is 72.6 Å². The Balaban J connectivity index is -0.000000466. The van der Waals surface area contributed by atoms with Crippen LogP contribution in [-0.2, 0) is 42.8 Å². The van der Waals surface area contributed by atoms with Crippen molar-refractivity contribution in [2.24, 2.45) is 0 Å². The van der Waals surface area contributed by atoms with Crippen LogP contribution in [0.25, 0.3) is 0 Å². The number of rotatable bonds is 36. The van der Waals surface area contributed by atoms with Gasteiger partial charge in [-0.2, -0.15) is 0 Å². The van der Waals surface area contributed by atoms with Crippen molar-refractivity contribution >= 4 is 42.1 Å². The average Bonchev–Trinajstić information content (AvgIpc) is 3.46. The second-order valence-corrected chi connectivity index (χ2v) is 17.4. The number of nitrogens with one attached hydrogen (secondary N) is 1. The summed E-state index contributed by atoms with van der Waals surface area (Å²) in [5, 5.41) is 62.6. The monoisotopic (exact) mass is 1170 g/mol.